The lowest BCUT2D eigenvalue weighted by Gasteiger charge is -2.16. The maximum Gasteiger partial charge on any atom is 0.268 e. The number of nitrogens with one attached hydrogen (secondary N) is 1. The number of aromatic nitrogens is 1. The first-order valence-corrected chi connectivity index (χ1v) is 6.79. The summed E-state index contributed by atoms with van der Waals surface area (Å²) in [7, 11) is 0. The molecule has 0 radical (unpaired) electrons. The summed E-state index contributed by atoms with van der Waals surface area (Å²) in [6.45, 7) is 3.97. The van der Waals surface area contributed by atoms with Gasteiger partial charge < -0.3 is 9.88 Å². The molecule has 0 aliphatic heterocycles. The lowest BCUT2D eigenvalue weighted by molar-refractivity contribution is 0.0934. The Morgan fingerprint density at radius 2 is 2.33 bits per heavy atom. The summed E-state index contributed by atoms with van der Waals surface area (Å²) in [5.41, 5.74) is 0.127. The Bertz CT molecular complexity index is 509. The molecule has 0 atom stereocenters. The van der Waals surface area contributed by atoms with Crippen LogP contribution in [-0.4, -0.2) is 17.0 Å². The van der Waals surface area contributed by atoms with E-state index in [0.29, 0.717) is 18.3 Å². The number of amides is 1. The Hall–Kier alpha value is -1.28. The van der Waals surface area contributed by atoms with Crippen molar-refractivity contribution in [1.29, 1.82) is 5.26 Å². The normalized spacial score (nSPS) is 15.2. The van der Waals surface area contributed by atoms with Crippen molar-refractivity contribution >= 4 is 21.8 Å². The molecule has 1 fully saturated rings. The van der Waals surface area contributed by atoms with Crippen molar-refractivity contribution in [1.82, 2.24) is 9.88 Å². The van der Waals surface area contributed by atoms with Crippen LogP contribution in [0.3, 0.4) is 0 Å². The molecule has 1 N–H and O–H groups in total. The molecule has 1 amide bonds. The summed E-state index contributed by atoms with van der Waals surface area (Å²) >= 11 is 3.40. The summed E-state index contributed by atoms with van der Waals surface area (Å²) in [5, 5.41) is 11.7. The first kappa shape index (κ1) is 13.2. The SMILES string of the molecule is CC(C)(C#N)CNC(=O)c1cc(Br)cn1C1CC1. The number of nitriles is 1. The van der Waals surface area contributed by atoms with Crippen LogP contribution in [0.1, 0.15) is 43.2 Å². The van der Waals surface area contributed by atoms with Crippen LogP contribution in [0.4, 0.5) is 0 Å². The van der Waals surface area contributed by atoms with E-state index in [1.54, 1.807) is 0 Å². The molecular weight excluding hydrogens is 294 g/mol. The van der Waals surface area contributed by atoms with E-state index in [9.17, 15) is 4.79 Å². The second-order valence-corrected chi connectivity index (χ2v) is 6.28. The zero-order valence-electron chi connectivity index (χ0n) is 10.5. The molecule has 0 bridgehead atoms. The zero-order chi connectivity index (χ0) is 13.3. The number of hydrogen-bond donors (Lipinski definition) is 1. The molecule has 5 heteroatoms. The monoisotopic (exact) mass is 309 g/mol. The number of nitrogens with zero attached hydrogens (tertiary/aromatic N) is 2. The van der Waals surface area contributed by atoms with Gasteiger partial charge in [-0.2, -0.15) is 5.26 Å². The van der Waals surface area contributed by atoms with E-state index in [2.05, 4.69) is 27.3 Å². The molecule has 2 rings (SSSR count). The molecule has 1 aliphatic rings. The van der Waals surface area contributed by atoms with Crippen LogP contribution in [0.5, 0.6) is 0 Å². The topological polar surface area (TPSA) is 57.8 Å². The second kappa shape index (κ2) is 4.77. The predicted octanol–water partition coefficient (Wildman–Crippen LogP) is 2.87. The highest BCUT2D eigenvalue weighted by molar-refractivity contribution is 9.10. The largest absolute Gasteiger partial charge is 0.349 e. The van der Waals surface area contributed by atoms with Crippen molar-refractivity contribution in [3.05, 3.63) is 22.4 Å². The fourth-order valence-corrected chi connectivity index (χ4v) is 2.15. The smallest absolute Gasteiger partial charge is 0.268 e. The fraction of sp³-hybridized carbons (Fsp3) is 0.538. The molecule has 0 aromatic carbocycles. The van der Waals surface area contributed by atoms with Crippen molar-refractivity contribution in [3.8, 4) is 6.07 Å². The molecule has 1 saturated carbocycles. The van der Waals surface area contributed by atoms with Gasteiger partial charge in [-0.3, -0.25) is 4.79 Å². The molecule has 96 valence electrons. The van der Waals surface area contributed by atoms with E-state index in [0.717, 1.165) is 17.3 Å². The highest BCUT2D eigenvalue weighted by Crippen LogP contribution is 2.37. The van der Waals surface area contributed by atoms with E-state index in [-0.39, 0.29) is 5.91 Å². The highest BCUT2D eigenvalue weighted by atomic mass is 79.9. The van der Waals surface area contributed by atoms with Crippen molar-refractivity contribution < 1.29 is 4.79 Å². The van der Waals surface area contributed by atoms with Crippen LogP contribution in [0.25, 0.3) is 0 Å². The Morgan fingerprint density at radius 3 is 2.89 bits per heavy atom. The maximum absolute atomic E-state index is 12.1. The Kier molecular flexibility index (Phi) is 3.49. The van der Waals surface area contributed by atoms with E-state index < -0.39 is 5.41 Å². The Morgan fingerprint density at radius 1 is 1.67 bits per heavy atom. The number of carbonyl (C=O) groups is 1. The molecule has 0 spiro atoms. The van der Waals surface area contributed by atoms with Gasteiger partial charge in [0.1, 0.15) is 5.69 Å². The molecule has 1 aromatic heterocycles. The van der Waals surface area contributed by atoms with Gasteiger partial charge in [-0.05, 0) is 48.7 Å². The van der Waals surface area contributed by atoms with E-state index in [1.807, 2.05) is 30.7 Å². The van der Waals surface area contributed by atoms with Crippen LogP contribution in [0.15, 0.2) is 16.7 Å². The molecule has 1 heterocycles. The van der Waals surface area contributed by atoms with Crippen molar-refractivity contribution in [3.63, 3.8) is 0 Å². The summed E-state index contributed by atoms with van der Waals surface area (Å²) in [5.74, 6) is -0.115. The summed E-state index contributed by atoms with van der Waals surface area (Å²) in [4.78, 5) is 12.1. The van der Waals surface area contributed by atoms with Gasteiger partial charge in [-0.1, -0.05) is 0 Å². The van der Waals surface area contributed by atoms with E-state index >= 15 is 0 Å². The van der Waals surface area contributed by atoms with Gasteiger partial charge in [0.2, 0.25) is 0 Å². The van der Waals surface area contributed by atoms with Crippen LogP contribution >= 0.6 is 15.9 Å². The number of halogens is 1. The van der Waals surface area contributed by atoms with Gasteiger partial charge >= 0.3 is 0 Å². The number of hydrogen-bond acceptors (Lipinski definition) is 2. The molecule has 18 heavy (non-hydrogen) atoms. The quantitative estimate of drug-likeness (QED) is 0.929. The van der Waals surface area contributed by atoms with Gasteiger partial charge in [0.05, 0.1) is 11.5 Å². The third-order valence-corrected chi connectivity index (χ3v) is 3.42. The zero-order valence-corrected chi connectivity index (χ0v) is 12.1. The van der Waals surface area contributed by atoms with E-state index in [4.69, 9.17) is 5.26 Å². The maximum atomic E-state index is 12.1. The Balaban J connectivity index is 2.07. The van der Waals surface area contributed by atoms with Gasteiger partial charge in [0.25, 0.3) is 5.91 Å². The lowest BCUT2D eigenvalue weighted by Crippen LogP contribution is -2.34. The van der Waals surface area contributed by atoms with Crippen molar-refractivity contribution in [2.24, 2.45) is 5.41 Å². The average molecular weight is 310 g/mol. The van der Waals surface area contributed by atoms with Gasteiger partial charge in [-0.15, -0.1) is 0 Å². The summed E-state index contributed by atoms with van der Waals surface area (Å²) < 4.78 is 2.93. The molecular formula is C13H16BrN3O. The van der Waals surface area contributed by atoms with Crippen molar-refractivity contribution in [2.45, 2.75) is 32.7 Å². The third-order valence-electron chi connectivity index (χ3n) is 2.98. The average Bonchev–Trinajstić information content (AvgIpc) is 3.09. The first-order chi connectivity index (χ1) is 8.43. The highest BCUT2D eigenvalue weighted by Gasteiger charge is 2.28. The fourth-order valence-electron chi connectivity index (χ4n) is 1.71. The van der Waals surface area contributed by atoms with Gasteiger partial charge in [0, 0.05) is 23.3 Å². The van der Waals surface area contributed by atoms with E-state index in [1.165, 1.54) is 0 Å². The summed E-state index contributed by atoms with van der Waals surface area (Å²) in [6, 6.07) is 4.46. The van der Waals surface area contributed by atoms with Crippen LogP contribution in [0, 0.1) is 16.7 Å². The Labute approximate surface area is 115 Å². The van der Waals surface area contributed by atoms with Gasteiger partial charge in [-0.25, -0.2) is 0 Å². The molecule has 0 saturated heterocycles. The minimum absolute atomic E-state index is 0.115. The molecule has 0 unspecified atom stereocenters. The molecule has 1 aromatic rings. The molecule has 1 aliphatic carbocycles. The number of rotatable bonds is 4. The van der Waals surface area contributed by atoms with Crippen LogP contribution in [0.2, 0.25) is 0 Å². The van der Waals surface area contributed by atoms with Crippen LogP contribution < -0.4 is 5.32 Å². The standard InChI is InChI=1S/C13H16BrN3O/c1-13(2,7-15)8-16-12(18)11-5-9(14)6-17(11)10-3-4-10/h5-6,10H,3-4,8H2,1-2H3,(H,16,18). The minimum atomic E-state index is -0.538. The predicted molar refractivity (Wildman–Crippen MR) is 72.1 cm³/mol. The van der Waals surface area contributed by atoms with Gasteiger partial charge in [0.15, 0.2) is 0 Å². The molecule has 4 nitrogen and oxygen atoms in total. The van der Waals surface area contributed by atoms with Crippen molar-refractivity contribution in [2.75, 3.05) is 6.54 Å². The first-order valence-electron chi connectivity index (χ1n) is 6.00. The lowest BCUT2D eigenvalue weighted by atomic mass is 9.96. The third kappa shape index (κ3) is 2.94. The van der Waals surface area contributed by atoms with Crippen LogP contribution in [-0.2, 0) is 0 Å². The summed E-state index contributed by atoms with van der Waals surface area (Å²) in [6.07, 6.45) is 4.21. The minimum Gasteiger partial charge on any atom is -0.349 e. The second-order valence-electron chi connectivity index (χ2n) is 5.36. The number of carbonyl (C=O) groups excluding carboxylic acids is 1.